The molecule has 1 amide bonds. The SMILES string of the molecule is NC(=O)[C@@]1(Oc2ccc([N+](=O)[O-])cc2)O[C@H](CO)[C@H](O)[C@H](O)[C@H]1O. The number of nitro benzene ring substituents is 1. The monoisotopic (exact) mass is 344 g/mol. The number of benzene rings is 1. The maximum Gasteiger partial charge on any atom is 0.320 e. The number of carbonyl (C=O) groups is 1. The minimum Gasteiger partial charge on any atom is -0.451 e. The molecule has 1 aromatic carbocycles. The smallest absolute Gasteiger partial charge is 0.320 e. The number of nitrogens with zero attached hydrogens (tertiary/aromatic N) is 1. The van der Waals surface area contributed by atoms with Gasteiger partial charge < -0.3 is 35.6 Å². The highest BCUT2D eigenvalue weighted by Crippen LogP contribution is 2.33. The van der Waals surface area contributed by atoms with Gasteiger partial charge in [-0.05, 0) is 12.1 Å². The van der Waals surface area contributed by atoms with Crippen LogP contribution in [0.2, 0.25) is 0 Å². The summed E-state index contributed by atoms with van der Waals surface area (Å²) in [7, 11) is 0. The van der Waals surface area contributed by atoms with Crippen molar-refractivity contribution in [1.29, 1.82) is 0 Å². The van der Waals surface area contributed by atoms with Gasteiger partial charge in [-0.25, -0.2) is 0 Å². The second kappa shape index (κ2) is 6.67. The number of hydrogen-bond acceptors (Lipinski definition) is 9. The summed E-state index contributed by atoms with van der Waals surface area (Å²) < 4.78 is 10.4. The van der Waals surface area contributed by atoms with Crippen molar-refractivity contribution in [2.45, 2.75) is 30.2 Å². The zero-order valence-corrected chi connectivity index (χ0v) is 12.2. The van der Waals surface area contributed by atoms with E-state index in [9.17, 15) is 35.3 Å². The highest BCUT2D eigenvalue weighted by molar-refractivity contribution is 5.83. The van der Waals surface area contributed by atoms with E-state index in [4.69, 9.17) is 15.2 Å². The van der Waals surface area contributed by atoms with Crippen LogP contribution in [-0.4, -0.2) is 68.1 Å². The molecule has 1 aliphatic rings. The van der Waals surface area contributed by atoms with E-state index in [1.165, 1.54) is 0 Å². The lowest BCUT2D eigenvalue weighted by Crippen LogP contribution is -2.71. The summed E-state index contributed by atoms with van der Waals surface area (Å²) in [4.78, 5) is 21.8. The summed E-state index contributed by atoms with van der Waals surface area (Å²) in [5.41, 5.74) is 4.97. The van der Waals surface area contributed by atoms with E-state index >= 15 is 0 Å². The van der Waals surface area contributed by atoms with Crippen LogP contribution in [0.3, 0.4) is 0 Å². The maximum atomic E-state index is 11.8. The molecule has 1 heterocycles. The number of rotatable bonds is 5. The third-order valence-electron chi connectivity index (χ3n) is 3.61. The molecular weight excluding hydrogens is 328 g/mol. The summed E-state index contributed by atoms with van der Waals surface area (Å²) in [6.07, 6.45) is -7.09. The van der Waals surface area contributed by atoms with Gasteiger partial charge in [0.05, 0.1) is 11.5 Å². The Balaban J connectivity index is 2.36. The number of primary amides is 1. The van der Waals surface area contributed by atoms with E-state index in [1.807, 2.05) is 0 Å². The largest absolute Gasteiger partial charge is 0.451 e. The van der Waals surface area contributed by atoms with Crippen molar-refractivity contribution in [3.8, 4) is 5.75 Å². The van der Waals surface area contributed by atoms with Gasteiger partial charge in [0.25, 0.3) is 11.6 Å². The normalized spacial score (nSPS) is 33.0. The summed E-state index contributed by atoms with van der Waals surface area (Å²) in [5.74, 6) is -4.04. The van der Waals surface area contributed by atoms with Gasteiger partial charge in [0.15, 0.2) is 6.10 Å². The van der Waals surface area contributed by atoms with Crippen LogP contribution >= 0.6 is 0 Å². The van der Waals surface area contributed by atoms with Crippen molar-refractivity contribution in [3.63, 3.8) is 0 Å². The Hall–Kier alpha value is -2.31. The van der Waals surface area contributed by atoms with Crippen molar-refractivity contribution in [2.75, 3.05) is 6.61 Å². The second-order valence-corrected chi connectivity index (χ2v) is 5.15. The van der Waals surface area contributed by atoms with E-state index < -0.39 is 47.6 Å². The van der Waals surface area contributed by atoms with Crippen LogP contribution < -0.4 is 10.5 Å². The van der Waals surface area contributed by atoms with Crippen molar-refractivity contribution in [1.82, 2.24) is 0 Å². The predicted octanol–water partition coefficient (Wildman–Crippen LogP) is -2.37. The highest BCUT2D eigenvalue weighted by Gasteiger charge is 2.59. The first-order valence-electron chi connectivity index (χ1n) is 6.79. The van der Waals surface area contributed by atoms with E-state index in [0.29, 0.717) is 0 Å². The third kappa shape index (κ3) is 3.02. The van der Waals surface area contributed by atoms with Gasteiger partial charge in [-0.3, -0.25) is 14.9 Å². The molecule has 6 N–H and O–H groups in total. The van der Waals surface area contributed by atoms with Gasteiger partial charge in [-0.1, -0.05) is 0 Å². The Bertz CT molecular complexity index is 620. The van der Waals surface area contributed by atoms with Gasteiger partial charge in [0.1, 0.15) is 24.1 Å². The zero-order chi connectivity index (χ0) is 18.1. The highest BCUT2D eigenvalue weighted by atomic mass is 16.7. The number of nitro groups is 1. The lowest BCUT2D eigenvalue weighted by Gasteiger charge is -2.45. The first kappa shape index (κ1) is 18.0. The van der Waals surface area contributed by atoms with Gasteiger partial charge in [0, 0.05) is 12.1 Å². The molecule has 132 valence electrons. The van der Waals surface area contributed by atoms with Crippen molar-refractivity contribution in [3.05, 3.63) is 34.4 Å². The first-order chi connectivity index (χ1) is 11.2. The molecule has 0 spiro atoms. The molecule has 1 aromatic rings. The molecule has 1 saturated heterocycles. The Morgan fingerprint density at radius 3 is 2.33 bits per heavy atom. The van der Waals surface area contributed by atoms with Crippen molar-refractivity contribution in [2.24, 2.45) is 5.73 Å². The number of non-ortho nitro benzene ring substituents is 1. The zero-order valence-electron chi connectivity index (χ0n) is 12.2. The summed E-state index contributed by atoms with van der Waals surface area (Å²) in [6.45, 7) is -0.788. The molecule has 11 nitrogen and oxygen atoms in total. The fourth-order valence-electron chi connectivity index (χ4n) is 2.29. The molecule has 0 radical (unpaired) electrons. The molecule has 0 aromatic heterocycles. The van der Waals surface area contributed by atoms with E-state index in [1.54, 1.807) is 0 Å². The van der Waals surface area contributed by atoms with Gasteiger partial charge in [-0.2, -0.15) is 0 Å². The molecule has 5 atom stereocenters. The lowest BCUT2D eigenvalue weighted by molar-refractivity contribution is -0.384. The van der Waals surface area contributed by atoms with Gasteiger partial charge in [-0.15, -0.1) is 0 Å². The van der Waals surface area contributed by atoms with Crippen LogP contribution in [0.1, 0.15) is 0 Å². The van der Waals surface area contributed by atoms with Crippen LogP contribution in [0.25, 0.3) is 0 Å². The van der Waals surface area contributed by atoms with E-state index in [-0.39, 0.29) is 11.4 Å². The summed E-state index contributed by atoms with van der Waals surface area (Å²) in [5, 5.41) is 49.5. The molecule has 0 unspecified atom stereocenters. The van der Waals surface area contributed by atoms with Gasteiger partial charge >= 0.3 is 5.79 Å². The minimum absolute atomic E-state index is 0.126. The van der Waals surface area contributed by atoms with E-state index in [0.717, 1.165) is 24.3 Å². The van der Waals surface area contributed by atoms with E-state index in [2.05, 4.69) is 0 Å². The molecule has 2 rings (SSSR count). The number of ether oxygens (including phenoxy) is 2. The summed E-state index contributed by atoms with van der Waals surface area (Å²) >= 11 is 0. The average molecular weight is 344 g/mol. The van der Waals surface area contributed by atoms with Crippen molar-refractivity contribution >= 4 is 11.6 Å². The molecular formula is C13H16N2O9. The van der Waals surface area contributed by atoms with Crippen LogP contribution in [-0.2, 0) is 9.53 Å². The Morgan fingerprint density at radius 2 is 1.88 bits per heavy atom. The Kier molecular flexibility index (Phi) is 5.01. The first-order valence-corrected chi connectivity index (χ1v) is 6.79. The van der Waals surface area contributed by atoms with Gasteiger partial charge in [0.2, 0.25) is 0 Å². The number of nitrogens with two attached hydrogens (primary N) is 1. The number of aliphatic hydroxyl groups is 4. The second-order valence-electron chi connectivity index (χ2n) is 5.15. The maximum absolute atomic E-state index is 11.8. The topological polar surface area (TPSA) is 186 Å². The fraction of sp³-hybridized carbons (Fsp3) is 0.462. The quantitative estimate of drug-likeness (QED) is 0.287. The Labute approximate surface area is 135 Å². The Morgan fingerprint density at radius 1 is 1.29 bits per heavy atom. The minimum atomic E-state index is -2.60. The standard InChI is InChI=1S/C13H16N2O9/c14-12(20)13(11(19)10(18)9(17)8(5-16)24-13)23-7-3-1-6(2-4-7)15(21)22/h1-4,8-11,16-19H,5H2,(H2,14,20)/t8-,9+,10+,11-,13+/m1/s1. The van der Waals surface area contributed by atoms with Crippen LogP contribution in [0, 0.1) is 10.1 Å². The lowest BCUT2D eigenvalue weighted by atomic mass is 9.92. The molecule has 0 aliphatic carbocycles. The summed E-state index contributed by atoms with van der Waals surface area (Å²) in [6, 6.07) is 4.41. The van der Waals surface area contributed by atoms with Crippen LogP contribution in [0.4, 0.5) is 5.69 Å². The predicted molar refractivity (Wildman–Crippen MR) is 75.6 cm³/mol. The van der Waals surface area contributed by atoms with Crippen LogP contribution in [0.15, 0.2) is 24.3 Å². The molecule has 11 heteroatoms. The third-order valence-corrected chi connectivity index (χ3v) is 3.61. The average Bonchev–Trinajstić information content (AvgIpc) is 2.55. The molecule has 1 aliphatic heterocycles. The molecule has 0 saturated carbocycles. The van der Waals surface area contributed by atoms with Crippen LogP contribution in [0.5, 0.6) is 5.75 Å². The fourth-order valence-corrected chi connectivity index (χ4v) is 2.29. The molecule has 24 heavy (non-hydrogen) atoms. The number of aliphatic hydroxyl groups excluding tert-OH is 4. The molecule has 1 fully saturated rings. The van der Waals surface area contributed by atoms with Crippen molar-refractivity contribution < 1.29 is 39.6 Å². The number of amides is 1. The number of carbonyl (C=O) groups excluding carboxylic acids is 1. The molecule has 0 bridgehead atoms. The number of hydrogen-bond donors (Lipinski definition) is 5.